The zero-order valence-corrected chi connectivity index (χ0v) is 12.6. The number of aliphatic hydroxyl groups excluding tert-OH is 1. The second-order valence-corrected chi connectivity index (χ2v) is 5.16. The van der Waals surface area contributed by atoms with E-state index in [-0.39, 0.29) is 24.2 Å². The van der Waals surface area contributed by atoms with Gasteiger partial charge in [0.15, 0.2) is 6.10 Å². The van der Waals surface area contributed by atoms with Crippen molar-refractivity contribution in [1.29, 1.82) is 0 Å². The summed E-state index contributed by atoms with van der Waals surface area (Å²) in [5.74, 6) is -2.73. The molecule has 1 aromatic rings. The number of carbonyl (C=O) groups is 3. The summed E-state index contributed by atoms with van der Waals surface area (Å²) in [6.07, 6.45) is -6.61. The molecule has 0 heterocycles. The van der Waals surface area contributed by atoms with Gasteiger partial charge in [0.1, 0.15) is 11.8 Å². The number of halogens is 3. The number of benzene rings is 1. The van der Waals surface area contributed by atoms with Crippen LogP contribution in [0.4, 0.5) is 13.2 Å². The molecule has 1 amide bonds. The fraction of sp³-hybridized carbons (Fsp3) is 0.400. The van der Waals surface area contributed by atoms with Crippen LogP contribution >= 0.6 is 0 Å². The van der Waals surface area contributed by atoms with Crippen LogP contribution in [0.2, 0.25) is 0 Å². The zero-order valence-electron chi connectivity index (χ0n) is 12.6. The van der Waals surface area contributed by atoms with Crippen LogP contribution < -0.4 is 5.32 Å². The van der Waals surface area contributed by atoms with E-state index in [1.807, 2.05) is 0 Å². The molecule has 3 N–H and O–H groups in total. The van der Waals surface area contributed by atoms with Gasteiger partial charge in [-0.2, -0.15) is 13.2 Å². The number of aliphatic hydroxyl groups is 1. The van der Waals surface area contributed by atoms with E-state index >= 15 is 0 Å². The molecule has 1 aromatic carbocycles. The van der Waals surface area contributed by atoms with E-state index in [0.29, 0.717) is 12.1 Å². The van der Waals surface area contributed by atoms with Gasteiger partial charge in [0, 0.05) is 6.42 Å². The lowest BCUT2D eigenvalue weighted by Gasteiger charge is -2.17. The Morgan fingerprint density at radius 2 is 1.71 bits per heavy atom. The summed E-state index contributed by atoms with van der Waals surface area (Å²) in [6, 6.07) is 1.88. The zero-order chi connectivity index (χ0) is 18.5. The van der Waals surface area contributed by atoms with Crippen LogP contribution in [0.25, 0.3) is 0 Å². The van der Waals surface area contributed by atoms with Gasteiger partial charge in [0.25, 0.3) is 5.91 Å². The number of carboxylic acids is 1. The van der Waals surface area contributed by atoms with Crippen molar-refractivity contribution < 1.29 is 37.8 Å². The van der Waals surface area contributed by atoms with E-state index < -0.39 is 35.8 Å². The highest BCUT2D eigenvalue weighted by atomic mass is 19.4. The summed E-state index contributed by atoms with van der Waals surface area (Å²) in [5, 5.41) is 20.9. The Labute approximate surface area is 135 Å². The first kappa shape index (κ1) is 19.6. The predicted octanol–water partition coefficient (Wildman–Crippen LogP) is 1.68. The highest BCUT2D eigenvalue weighted by molar-refractivity contribution is 5.87. The van der Waals surface area contributed by atoms with Crippen LogP contribution in [0.5, 0.6) is 0 Å². The molecule has 24 heavy (non-hydrogen) atoms. The maximum Gasteiger partial charge on any atom is 0.416 e. The van der Waals surface area contributed by atoms with Crippen molar-refractivity contribution in [1.82, 2.24) is 5.32 Å². The molecule has 0 aliphatic carbocycles. The summed E-state index contributed by atoms with van der Waals surface area (Å²) in [6.45, 7) is 1.26. The highest BCUT2D eigenvalue weighted by Gasteiger charge is 2.31. The molecule has 0 bridgehead atoms. The number of carboxylic acid groups (broad SMARTS) is 1. The van der Waals surface area contributed by atoms with E-state index in [2.05, 4.69) is 5.32 Å². The highest BCUT2D eigenvalue weighted by Crippen LogP contribution is 2.29. The first-order valence-corrected chi connectivity index (χ1v) is 6.90. The fourth-order valence-corrected chi connectivity index (χ4v) is 1.86. The summed E-state index contributed by atoms with van der Waals surface area (Å²) < 4.78 is 37.4. The molecule has 0 radical (unpaired) electrons. The van der Waals surface area contributed by atoms with E-state index in [1.165, 1.54) is 6.92 Å². The third-order valence-corrected chi connectivity index (χ3v) is 3.20. The molecule has 0 aliphatic rings. The standard InChI is InChI=1S/C15H16F3NO5/c1-8(20)2-7-11(14(23)24)19-13(22)12(21)9-3-5-10(6-4-9)15(16,17)18/h3-6,11-12,21H,2,7H2,1H3,(H,19,22)(H,23,24)/t11-,12+/m0/s1. The molecule has 0 aliphatic heterocycles. The van der Waals surface area contributed by atoms with E-state index in [4.69, 9.17) is 5.11 Å². The first-order chi connectivity index (χ1) is 11.0. The minimum Gasteiger partial charge on any atom is -0.480 e. The number of carbonyl (C=O) groups excluding carboxylic acids is 2. The summed E-state index contributed by atoms with van der Waals surface area (Å²) >= 11 is 0. The molecule has 0 fully saturated rings. The van der Waals surface area contributed by atoms with Gasteiger partial charge in [0.2, 0.25) is 0 Å². The lowest BCUT2D eigenvalue weighted by Crippen LogP contribution is -2.43. The van der Waals surface area contributed by atoms with Crippen LogP contribution in [0.3, 0.4) is 0 Å². The van der Waals surface area contributed by atoms with Crippen LogP contribution in [-0.4, -0.2) is 33.9 Å². The van der Waals surface area contributed by atoms with Crippen molar-refractivity contribution in [2.24, 2.45) is 0 Å². The lowest BCUT2D eigenvalue weighted by molar-refractivity contribution is -0.144. The molecule has 2 atom stereocenters. The SMILES string of the molecule is CC(=O)CC[C@H](NC(=O)[C@H](O)c1ccc(C(F)(F)F)cc1)C(=O)O. The second-order valence-electron chi connectivity index (χ2n) is 5.16. The molecular weight excluding hydrogens is 331 g/mol. The number of hydrogen-bond acceptors (Lipinski definition) is 4. The molecule has 1 rings (SSSR count). The van der Waals surface area contributed by atoms with Crippen LogP contribution in [-0.2, 0) is 20.6 Å². The normalized spacial score (nSPS) is 13.9. The lowest BCUT2D eigenvalue weighted by atomic mass is 10.0. The van der Waals surface area contributed by atoms with Gasteiger partial charge in [-0.25, -0.2) is 4.79 Å². The monoisotopic (exact) mass is 347 g/mol. The predicted molar refractivity (Wildman–Crippen MR) is 75.9 cm³/mol. The van der Waals surface area contributed by atoms with E-state index in [0.717, 1.165) is 12.1 Å². The first-order valence-electron chi connectivity index (χ1n) is 6.90. The summed E-state index contributed by atoms with van der Waals surface area (Å²) in [4.78, 5) is 33.8. The van der Waals surface area contributed by atoms with Gasteiger partial charge in [-0.05, 0) is 31.0 Å². The van der Waals surface area contributed by atoms with Gasteiger partial charge in [-0.1, -0.05) is 12.1 Å². The molecular formula is C15H16F3NO5. The molecule has 0 unspecified atom stereocenters. The Morgan fingerprint density at radius 3 is 2.12 bits per heavy atom. The van der Waals surface area contributed by atoms with Crippen molar-refractivity contribution in [3.8, 4) is 0 Å². The third-order valence-electron chi connectivity index (χ3n) is 3.20. The van der Waals surface area contributed by atoms with Crippen LogP contribution in [0.15, 0.2) is 24.3 Å². The maximum atomic E-state index is 12.5. The van der Waals surface area contributed by atoms with Gasteiger partial charge in [0.05, 0.1) is 5.56 Å². The smallest absolute Gasteiger partial charge is 0.416 e. The van der Waals surface area contributed by atoms with Crippen molar-refractivity contribution >= 4 is 17.7 Å². The molecule has 6 nitrogen and oxygen atoms in total. The van der Waals surface area contributed by atoms with E-state index in [1.54, 1.807) is 0 Å². The number of ketones is 1. The molecule has 0 saturated carbocycles. The van der Waals surface area contributed by atoms with E-state index in [9.17, 15) is 32.7 Å². The Morgan fingerprint density at radius 1 is 1.17 bits per heavy atom. The van der Waals surface area contributed by atoms with Gasteiger partial charge >= 0.3 is 12.1 Å². The number of nitrogens with one attached hydrogen (secondary N) is 1. The Hall–Kier alpha value is -2.42. The number of amides is 1. The quantitative estimate of drug-likeness (QED) is 0.696. The minimum atomic E-state index is -4.55. The summed E-state index contributed by atoms with van der Waals surface area (Å²) in [5.41, 5.74) is -1.06. The Balaban J connectivity index is 2.78. The Bertz CT molecular complexity index is 613. The maximum absolute atomic E-state index is 12.5. The van der Waals surface area contributed by atoms with Gasteiger partial charge in [-0.3, -0.25) is 4.79 Å². The van der Waals surface area contributed by atoms with Crippen LogP contribution in [0, 0.1) is 0 Å². The molecule has 0 saturated heterocycles. The average molecular weight is 347 g/mol. The van der Waals surface area contributed by atoms with Gasteiger partial charge in [-0.15, -0.1) is 0 Å². The third kappa shape index (κ3) is 5.65. The molecule has 0 spiro atoms. The van der Waals surface area contributed by atoms with Crippen molar-refractivity contribution in [3.05, 3.63) is 35.4 Å². The number of rotatable bonds is 7. The average Bonchev–Trinajstić information content (AvgIpc) is 2.49. The minimum absolute atomic E-state index is 0.0758. The Kier molecular flexibility index (Phi) is 6.47. The van der Waals surface area contributed by atoms with Crippen molar-refractivity contribution in [2.45, 2.75) is 38.1 Å². The topological polar surface area (TPSA) is 104 Å². The molecule has 132 valence electrons. The molecule has 9 heteroatoms. The number of aliphatic carboxylic acids is 1. The second kappa shape index (κ2) is 7.91. The van der Waals surface area contributed by atoms with Crippen molar-refractivity contribution in [2.75, 3.05) is 0 Å². The van der Waals surface area contributed by atoms with Gasteiger partial charge < -0.3 is 20.3 Å². The van der Waals surface area contributed by atoms with Crippen molar-refractivity contribution in [3.63, 3.8) is 0 Å². The molecule has 0 aromatic heterocycles. The number of hydrogen-bond donors (Lipinski definition) is 3. The largest absolute Gasteiger partial charge is 0.480 e. The number of alkyl halides is 3. The van der Waals surface area contributed by atoms with Crippen LogP contribution in [0.1, 0.15) is 37.0 Å². The summed E-state index contributed by atoms with van der Waals surface area (Å²) in [7, 11) is 0. The fourth-order valence-electron chi connectivity index (χ4n) is 1.86. The number of Topliss-reactive ketones (excluding diaryl/α,β-unsaturated/α-hetero) is 1.